The van der Waals surface area contributed by atoms with Crippen LogP contribution in [0.4, 0.5) is 0 Å². The SMILES string of the molecule is CCCC1CC(CN(C)C(=O)CCn2c(C)cc3ccccc32)NN1. The van der Waals surface area contributed by atoms with Crippen LogP contribution in [0.15, 0.2) is 30.3 Å². The predicted molar refractivity (Wildman–Crippen MR) is 102 cm³/mol. The van der Waals surface area contributed by atoms with Crippen molar-refractivity contribution in [3.05, 3.63) is 36.0 Å². The van der Waals surface area contributed by atoms with E-state index in [1.807, 2.05) is 11.9 Å². The summed E-state index contributed by atoms with van der Waals surface area (Å²) in [6.07, 6.45) is 3.99. The molecule has 2 atom stereocenters. The van der Waals surface area contributed by atoms with E-state index in [1.54, 1.807) is 0 Å². The van der Waals surface area contributed by atoms with Gasteiger partial charge in [0.15, 0.2) is 0 Å². The summed E-state index contributed by atoms with van der Waals surface area (Å²) in [7, 11) is 1.91. The molecule has 5 nitrogen and oxygen atoms in total. The molecule has 136 valence electrons. The number of fused-ring (bicyclic) bond motifs is 1. The van der Waals surface area contributed by atoms with Gasteiger partial charge in [-0.05, 0) is 37.3 Å². The number of likely N-dealkylation sites (N-methyl/N-ethyl adjacent to an activating group) is 1. The Hall–Kier alpha value is -1.85. The van der Waals surface area contributed by atoms with Gasteiger partial charge in [0.1, 0.15) is 0 Å². The molecule has 1 saturated heterocycles. The van der Waals surface area contributed by atoms with Crippen molar-refractivity contribution < 1.29 is 4.79 Å². The fraction of sp³-hybridized carbons (Fsp3) is 0.550. The highest BCUT2D eigenvalue weighted by Crippen LogP contribution is 2.19. The van der Waals surface area contributed by atoms with E-state index in [0.29, 0.717) is 18.5 Å². The molecule has 2 N–H and O–H groups in total. The van der Waals surface area contributed by atoms with E-state index in [1.165, 1.54) is 29.4 Å². The van der Waals surface area contributed by atoms with Gasteiger partial charge in [-0.3, -0.25) is 15.6 Å². The van der Waals surface area contributed by atoms with Crippen LogP contribution in [-0.4, -0.2) is 41.1 Å². The standard InChI is InChI=1S/C20H30N4O/c1-4-7-17-13-18(22-21-17)14-23(3)20(25)10-11-24-15(2)12-16-8-5-6-9-19(16)24/h5-6,8-9,12,17-18,21-22H,4,7,10-11,13-14H2,1-3H3. The fourth-order valence-corrected chi connectivity index (χ4v) is 3.83. The third-order valence-electron chi connectivity index (χ3n) is 5.18. The lowest BCUT2D eigenvalue weighted by molar-refractivity contribution is -0.130. The number of hydrogen-bond donors (Lipinski definition) is 2. The third kappa shape index (κ3) is 4.22. The molecule has 0 spiro atoms. The number of amides is 1. The minimum atomic E-state index is 0.206. The number of nitrogens with zero attached hydrogens (tertiary/aromatic N) is 2. The van der Waals surface area contributed by atoms with Gasteiger partial charge < -0.3 is 9.47 Å². The molecule has 1 amide bonds. The molecule has 0 aliphatic carbocycles. The number of aryl methyl sites for hydroxylation is 2. The average molecular weight is 342 g/mol. The molecule has 25 heavy (non-hydrogen) atoms. The molecule has 2 heterocycles. The zero-order valence-electron chi connectivity index (χ0n) is 15.6. The Morgan fingerprint density at radius 1 is 1.28 bits per heavy atom. The number of nitrogens with one attached hydrogen (secondary N) is 2. The van der Waals surface area contributed by atoms with Gasteiger partial charge in [0.2, 0.25) is 5.91 Å². The molecule has 1 fully saturated rings. The van der Waals surface area contributed by atoms with Crippen LogP contribution >= 0.6 is 0 Å². The Balaban J connectivity index is 1.52. The molecule has 0 bridgehead atoms. The molecule has 1 aromatic carbocycles. The van der Waals surface area contributed by atoms with E-state index in [9.17, 15) is 4.79 Å². The Morgan fingerprint density at radius 2 is 2.04 bits per heavy atom. The zero-order chi connectivity index (χ0) is 17.8. The largest absolute Gasteiger partial charge is 0.344 e. The number of aromatic nitrogens is 1. The van der Waals surface area contributed by atoms with Gasteiger partial charge in [-0.25, -0.2) is 0 Å². The quantitative estimate of drug-likeness (QED) is 0.813. The normalized spacial score (nSPS) is 20.3. The van der Waals surface area contributed by atoms with Crippen molar-refractivity contribution in [1.29, 1.82) is 0 Å². The topological polar surface area (TPSA) is 49.3 Å². The van der Waals surface area contributed by atoms with E-state index in [2.05, 4.69) is 59.6 Å². The summed E-state index contributed by atoms with van der Waals surface area (Å²) in [5.41, 5.74) is 9.09. The Labute approximate surface area is 150 Å². The average Bonchev–Trinajstić information content (AvgIpc) is 3.16. The van der Waals surface area contributed by atoms with Crippen LogP contribution in [-0.2, 0) is 11.3 Å². The summed E-state index contributed by atoms with van der Waals surface area (Å²) >= 11 is 0. The smallest absolute Gasteiger partial charge is 0.224 e. The summed E-state index contributed by atoms with van der Waals surface area (Å²) in [5.74, 6) is 0.206. The highest BCUT2D eigenvalue weighted by molar-refractivity contribution is 5.81. The first-order chi connectivity index (χ1) is 12.1. The van der Waals surface area contributed by atoms with Gasteiger partial charge in [0.05, 0.1) is 0 Å². The summed E-state index contributed by atoms with van der Waals surface area (Å²) in [6, 6.07) is 11.4. The monoisotopic (exact) mass is 342 g/mol. The fourth-order valence-electron chi connectivity index (χ4n) is 3.83. The van der Waals surface area contributed by atoms with Crippen LogP contribution in [0.2, 0.25) is 0 Å². The molecular formula is C20H30N4O. The summed E-state index contributed by atoms with van der Waals surface area (Å²) < 4.78 is 2.24. The predicted octanol–water partition coefficient (Wildman–Crippen LogP) is 2.83. The highest BCUT2D eigenvalue weighted by atomic mass is 16.2. The summed E-state index contributed by atoms with van der Waals surface area (Å²) in [6.45, 7) is 5.81. The summed E-state index contributed by atoms with van der Waals surface area (Å²) in [4.78, 5) is 14.4. The molecule has 5 heteroatoms. The first-order valence-electron chi connectivity index (χ1n) is 9.38. The van der Waals surface area contributed by atoms with Crippen LogP contribution in [0, 0.1) is 6.92 Å². The minimum Gasteiger partial charge on any atom is -0.344 e. The van der Waals surface area contributed by atoms with Crippen LogP contribution in [0.5, 0.6) is 0 Å². The lowest BCUT2D eigenvalue weighted by atomic mass is 10.1. The lowest BCUT2D eigenvalue weighted by Crippen LogP contribution is -2.41. The van der Waals surface area contributed by atoms with E-state index in [0.717, 1.165) is 19.5 Å². The van der Waals surface area contributed by atoms with Crippen LogP contribution < -0.4 is 10.9 Å². The van der Waals surface area contributed by atoms with E-state index >= 15 is 0 Å². The molecule has 0 saturated carbocycles. The second-order valence-corrected chi connectivity index (χ2v) is 7.23. The Kier molecular flexibility index (Phi) is 5.76. The number of para-hydroxylation sites is 1. The zero-order valence-corrected chi connectivity index (χ0v) is 15.6. The second kappa shape index (κ2) is 8.02. The van der Waals surface area contributed by atoms with Gasteiger partial charge in [-0.15, -0.1) is 0 Å². The van der Waals surface area contributed by atoms with Gasteiger partial charge >= 0.3 is 0 Å². The molecule has 3 rings (SSSR count). The maximum absolute atomic E-state index is 12.5. The van der Waals surface area contributed by atoms with Crippen molar-refractivity contribution in [3.63, 3.8) is 0 Å². The number of rotatable bonds is 7. The molecule has 2 unspecified atom stereocenters. The minimum absolute atomic E-state index is 0.206. The van der Waals surface area contributed by atoms with Crippen LogP contribution in [0.1, 0.15) is 38.3 Å². The van der Waals surface area contributed by atoms with Crippen molar-refractivity contribution in [2.24, 2.45) is 0 Å². The summed E-state index contributed by atoms with van der Waals surface area (Å²) in [5, 5.41) is 1.24. The molecule has 1 aliphatic rings. The van der Waals surface area contributed by atoms with Crippen molar-refractivity contribution >= 4 is 16.8 Å². The number of carbonyl (C=O) groups excluding carboxylic acids is 1. The van der Waals surface area contributed by atoms with Gasteiger partial charge in [-0.1, -0.05) is 31.5 Å². The lowest BCUT2D eigenvalue weighted by Gasteiger charge is -2.21. The van der Waals surface area contributed by atoms with E-state index < -0.39 is 0 Å². The Morgan fingerprint density at radius 3 is 2.84 bits per heavy atom. The van der Waals surface area contributed by atoms with Gasteiger partial charge in [0.25, 0.3) is 0 Å². The number of hydrogen-bond acceptors (Lipinski definition) is 3. The second-order valence-electron chi connectivity index (χ2n) is 7.23. The molecule has 0 radical (unpaired) electrons. The van der Waals surface area contributed by atoms with E-state index in [4.69, 9.17) is 0 Å². The molecular weight excluding hydrogens is 312 g/mol. The number of hydrazine groups is 1. The maximum Gasteiger partial charge on any atom is 0.224 e. The number of carbonyl (C=O) groups is 1. The third-order valence-corrected chi connectivity index (χ3v) is 5.18. The number of benzene rings is 1. The van der Waals surface area contributed by atoms with Crippen LogP contribution in [0.3, 0.4) is 0 Å². The van der Waals surface area contributed by atoms with Crippen LogP contribution in [0.25, 0.3) is 10.9 Å². The first-order valence-corrected chi connectivity index (χ1v) is 9.38. The van der Waals surface area contributed by atoms with Crippen molar-refractivity contribution in [3.8, 4) is 0 Å². The van der Waals surface area contributed by atoms with E-state index in [-0.39, 0.29) is 5.91 Å². The molecule has 1 aliphatic heterocycles. The highest BCUT2D eigenvalue weighted by Gasteiger charge is 2.25. The molecule has 1 aromatic heterocycles. The van der Waals surface area contributed by atoms with Gasteiger partial charge in [-0.2, -0.15) is 0 Å². The maximum atomic E-state index is 12.5. The van der Waals surface area contributed by atoms with Gasteiger partial charge in [0, 0.05) is 49.9 Å². The van der Waals surface area contributed by atoms with Crippen molar-refractivity contribution in [2.75, 3.05) is 13.6 Å². The van der Waals surface area contributed by atoms with Crippen molar-refractivity contribution in [2.45, 2.75) is 58.2 Å². The molecule has 2 aromatic rings. The Bertz CT molecular complexity index is 724. The first kappa shape index (κ1) is 18.0. The van der Waals surface area contributed by atoms with Crippen molar-refractivity contribution in [1.82, 2.24) is 20.3 Å².